The quantitative estimate of drug-likeness (QED) is 0.465. The van der Waals surface area contributed by atoms with Crippen molar-refractivity contribution in [2.24, 2.45) is 0 Å². The molecule has 0 radical (unpaired) electrons. The predicted octanol–water partition coefficient (Wildman–Crippen LogP) is 3.45. The van der Waals surface area contributed by atoms with Crippen molar-refractivity contribution >= 4 is 19.4 Å². The highest BCUT2D eigenvalue weighted by atomic mass is 31.2. The van der Waals surface area contributed by atoms with Crippen molar-refractivity contribution in [1.82, 2.24) is 4.57 Å². The van der Waals surface area contributed by atoms with E-state index >= 15 is 0 Å². The monoisotopic (exact) mass is 456 g/mol. The molecule has 1 aliphatic carbocycles. The molecule has 9 nitrogen and oxygen atoms in total. The number of aryl methyl sites for hydroxylation is 1. The van der Waals surface area contributed by atoms with Gasteiger partial charge < -0.3 is 19.8 Å². The number of nitrogens with one attached hydrogen (secondary N) is 1. The van der Waals surface area contributed by atoms with Gasteiger partial charge in [-0.1, -0.05) is 24.3 Å². The zero-order valence-electron chi connectivity index (χ0n) is 16.9. The summed E-state index contributed by atoms with van der Waals surface area (Å²) in [5.41, 5.74) is 2.34. The minimum absolute atomic E-state index is 0.225. The molecule has 166 valence electrons. The van der Waals surface area contributed by atoms with Crippen LogP contribution < -0.4 is 15.6 Å². The molecule has 3 aromatic rings. The number of carbonyl (C=O) groups is 1. The number of hydrogen-bond acceptors (Lipinski definition) is 5. The number of phosphoric ester groups is 1. The largest absolute Gasteiger partial charge is 0.471 e. The first-order valence-electron chi connectivity index (χ1n) is 9.90. The molecule has 0 bridgehead atoms. The van der Waals surface area contributed by atoms with E-state index in [1.54, 1.807) is 24.3 Å². The zero-order chi connectivity index (χ0) is 22.7. The third-order valence-corrected chi connectivity index (χ3v) is 5.53. The van der Waals surface area contributed by atoms with Crippen molar-refractivity contribution in [2.45, 2.75) is 26.0 Å². The fourth-order valence-corrected chi connectivity index (χ4v) is 3.84. The second-order valence-electron chi connectivity index (χ2n) is 7.27. The van der Waals surface area contributed by atoms with Gasteiger partial charge in [-0.25, -0.2) is 4.57 Å². The number of nitrogens with zero attached hydrogens (tertiary/aromatic N) is 1. The molecule has 1 aromatic heterocycles. The highest BCUT2D eigenvalue weighted by Crippen LogP contribution is 2.36. The topological polar surface area (TPSA) is 127 Å². The highest BCUT2D eigenvalue weighted by molar-refractivity contribution is 7.46. The Labute approximate surface area is 183 Å². The summed E-state index contributed by atoms with van der Waals surface area (Å²) in [6, 6.07) is 15.3. The summed E-state index contributed by atoms with van der Waals surface area (Å²) >= 11 is 0. The van der Waals surface area contributed by atoms with Crippen molar-refractivity contribution < 1.29 is 28.4 Å². The molecular formula is C22H21N2O7P. The van der Waals surface area contributed by atoms with Crippen molar-refractivity contribution in [2.75, 3.05) is 5.32 Å². The lowest BCUT2D eigenvalue weighted by atomic mass is 10.1. The van der Waals surface area contributed by atoms with Crippen molar-refractivity contribution in [1.29, 1.82) is 0 Å². The molecular weight excluding hydrogens is 435 g/mol. The van der Waals surface area contributed by atoms with E-state index in [0.29, 0.717) is 11.3 Å². The molecule has 0 atom stereocenters. The highest BCUT2D eigenvalue weighted by Gasteiger charge is 2.19. The molecule has 3 N–H and O–H groups in total. The third kappa shape index (κ3) is 5.15. The van der Waals surface area contributed by atoms with Crippen LogP contribution in [-0.4, -0.2) is 20.3 Å². The number of aromatic nitrogens is 1. The Bertz CT molecular complexity index is 1270. The maximum absolute atomic E-state index is 12.9. The van der Waals surface area contributed by atoms with E-state index in [1.807, 2.05) is 12.1 Å². The van der Waals surface area contributed by atoms with Crippen molar-refractivity contribution in [3.05, 3.63) is 87.8 Å². The number of benzene rings is 2. The maximum Gasteiger partial charge on any atom is 0.471 e. The van der Waals surface area contributed by atoms with Gasteiger partial charge in [0.15, 0.2) is 0 Å². The molecule has 0 unspecified atom stereocenters. The van der Waals surface area contributed by atoms with Crippen LogP contribution in [0.2, 0.25) is 0 Å². The van der Waals surface area contributed by atoms with Gasteiger partial charge in [0.05, 0.1) is 5.56 Å². The summed E-state index contributed by atoms with van der Waals surface area (Å²) in [4.78, 5) is 42.5. The molecule has 32 heavy (non-hydrogen) atoms. The van der Waals surface area contributed by atoms with Crippen LogP contribution in [0.1, 0.15) is 27.9 Å². The molecule has 10 heteroatoms. The fourth-order valence-electron chi connectivity index (χ4n) is 3.57. The lowest BCUT2D eigenvalue weighted by Gasteiger charge is -2.14. The van der Waals surface area contributed by atoms with Gasteiger partial charge in [-0.05, 0) is 54.7 Å². The second kappa shape index (κ2) is 9.10. The van der Waals surface area contributed by atoms with E-state index < -0.39 is 26.0 Å². The molecule has 0 spiro atoms. The molecule has 1 amide bonds. The first-order chi connectivity index (χ1) is 15.3. The molecule has 2 aromatic carbocycles. The number of rotatable bonds is 7. The summed E-state index contributed by atoms with van der Waals surface area (Å²) < 4.78 is 22.2. The Hall–Kier alpha value is -3.23. The van der Waals surface area contributed by atoms with E-state index in [0.717, 1.165) is 41.2 Å². The summed E-state index contributed by atoms with van der Waals surface area (Å²) in [6.07, 6.45) is 4.28. The normalized spacial score (nSPS) is 12.9. The lowest BCUT2D eigenvalue weighted by molar-refractivity contribution is 0.102. The Morgan fingerprint density at radius 3 is 2.62 bits per heavy atom. The van der Waals surface area contributed by atoms with E-state index in [2.05, 4.69) is 15.9 Å². The van der Waals surface area contributed by atoms with Crippen LogP contribution in [0.4, 0.5) is 5.69 Å². The Kier molecular flexibility index (Phi) is 6.25. The zero-order valence-corrected chi connectivity index (χ0v) is 17.8. The first kappa shape index (κ1) is 22.0. The number of pyridine rings is 1. The van der Waals surface area contributed by atoms with Crippen LogP contribution in [0, 0.1) is 0 Å². The summed E-state index contributed by atoms with van der Waals surface area (Å²) in [6.45, 7) is -0.616. The Balaban J connectivity index is 1.51. The summed E-state index contributed by atoms with van der Waals surface area (Å²) in [5.74, 6) is 0.665. The third-order valence-electron chi connectivity index (χ3n) is 5.07. The van der Waals surface area contributed by atoms with E-state index in [-0.39, 0.29) is 5.69 Å². The van der Waals surface area contributed by atoms with Gasteiger partial charge >= 0.3 is 7.82 Å². The van der Waals surface area contributed by atoms with Gasteiger partial charge in [0.1, 0.15) is 18.2 Å². The number of carbonyl (C=O) groups excluding carboxylic acids is 1. The SMILES string of the molecule is O=C(Nc1ccn(COP(=O)(O)O)c(=O)c1)c1ccccc1Oc1cccc2c1CCC2. The molecule has 0 saturated carbocycles. The number of anilines is 1. The van der Waals surface area contributed by atoms with Crippen LogP contribution in [0.15, 0.2) is 65.6 Å². The van der Waals surface area contributed by atoms with E-state index in [1.165, 1.54) is 17.8 Å². The summed E-state index contributed by atoms with van der Waals surface area (Å²) in [7, 11) is -4.71. The standard InChI is InChI=1S/C22H21N2O7P/c25-21-13-16(11-12-24(21)14-30-32(27,28)29)23-22(26)18-7-1-2-9-20(18)31-19-10-4-6-15-5-3-8-17(15)19/h1-2,4,6-7,9-13H,3,5,8,14H2,(H,23,26)(H2,27,28,29). The average molecular weight is 456 g/mol. The van der Waals surface area contributed by atoms with Gasteiger partial charge in [0.25, 0.3) is 11.5 Å². The van der Waals surface area contributed by atoms with Crippen LogP contribution in [0.3, 0.4) is 0 Å². The lowest BCUT2D eigenvalue weighted by Crippen LogP contribution is -2.21. The van der Waals surface area contributed by atoms with E-state index in [4.69, 9.17) is 14.5 Å². The van der Waals surface area contributed by atoms with E-state index in [9.17, 15) is 14.2 Å². The minimum Gasteiger partial charge on any atom is -0.456 e. The Morgan fingerprint density at radius 1 is 1.06 bits per heavy atom. The number of phosphoric acid groups is 1. The van der Waals surface area contributed by atoms with Crippen LogP contribution in [-0.2, 0) is 28.7 Å². The fraction of sp³-hybridized carbons (Fsp3) is 0.182. The maximum atomic E-state index is 12.9. The molecule has 4 rings (SSSR count). The van der Waals surface area contributed by atoms with Gasteiger partial charge in [0.2, 0.25) is 0 Å². The van der Waals surface area contributed by atoms with Crippen molar-refractivity contribution in [3.8, 4) is 11.5 Å². The number of amides is 1. The molecule has 0 aliphatic heterocycles. The summed E-state index contributed by atoms with van der Waals surface area (Å²) in [5, 5.41) is 2.65. The van der Waals surface area contributed by atoms with Crippen LogP contribution in [0.5, 0.6) is 11.5 Å². The van der Waals surface area contributed by atoms with Gasteiger partial charge in [-0.15, -0.1) is 0 Å². The van der Waals surface area contributed by atoms with Crippen LogP contribution in [0.25, 0.3) is 0 Å². The first-order valence-corrected chi connectivity index (χ1v) is 11.4. The van der Waals surface area contributed by atoms with Gasteiger partial charge in [0, 0.05) is 18.0 Å². The van der Waals surface area contributed by atoms with Crippen LogP contribution >= 0.6 is 7.82 Å². The molecule has 1 heterocycles. The molecule has 0 saturated heterocycles. The number of fused-ring (bicyclic) bond motifs is 1. The number of hydrogen-bond donors (Lipinski definition) is 3. The number of para-hydroxylation sites is 1. The Morgan fingerprint density at radius 2 is 1.84 bits per heavy atom. The smallest absolute Gasteiger partial charge is 0.456 e. The predicted molar refractivity (Wildman–Crippen MR) is 117 cm³/mol. The molecule has 0 fully saturated rings. The van der Waals surface area contributed by atoms with Crippen molar-refractivity contribution in [3.63, 3.8) is 0 Å². The van der Waals surface area contributed by atoms with Gasteiger partial charge in [-0.2, -0.15) is 0 Å². The minimum atomic E-state index is -4.71. The second-order valence-corrected chi connectivity index (χ2v) is 8.51. The average Bonchev–Trinajstić information content (AvgIpc) is 3.23. The molecule has 1 aliphatic rings. The number of ether oxygens (including phenoxy) is 1. The van der Waals surface area contributed by atoms with Gasteiger partial charge in [-0.3, -0.25) is 18.7 Å².